The maximum atomic E-state index is 11.7. The molecule has 7 heteroatoms. The molecule has 0 unspecified atom stereocenters. The molecular weight excluding hydrogens is 220 g/mol. The van der Waals surface area contributed by atoms with Crippen molar-refractivity contribution in [3.63, 3.8) is 0 Å². The molecule has 1 aromatic heterocycles. The number of hydrogen-bond acceptors (Lipinski definition) is 5. The van der Waals surface area contributed by atoms with Crippen LogP contribution in [0.2, 0.25) is 0 Å². The molecule has 0 aliphatic carbocycles. The molecule has 1 saturated heterocycles. The molecule has 0 saturated carbocycles. The van der Waals surface area contributed by atoms with E-state index in [0.717, 1.165) is 13.1 Å². The first kappa shape index (κ1) is 11.9. The smallest absolute Gasteiger partial charge is 0.295 e. The Morgan fingerprint density at radius 2 is 2.13 bits per heavy atom. The number of carbonyl (C=O) groups excluding carboxylic acids is 1. The van der Waals surface area contributed by atoms with Gasteiger partial charge in [0.25, 0.3) is 11.7 Å². The van der Waals surface area contributed by atoms with Gasteiger partial charge >= 0.3 is 0 Å². The molecule has 84 valence electrons. The summed E-state index contributed by atoms with van der Waals surface area (Å²) in [6.45, 7) is 4.71. The van der Waals surface area contributed by atoms with Crippen LogP contribution in [0.3, 0.4) is 0 Å². The Bertz CT molecular complexity index is 335. The number of hydrogen-bond donors (Lipinski definition) is 1. The van der Waals surface area contributed by atoms with E-state index in [9.17, 15) is 4.79 Å². The molecule has 15 heavy (non-hydrogen) atoms. The molecular formula is C8H13ClN4O2. The van der Waals surface area contributed by atoms with Gasteiger partial charge in [-0.25, -0.2) is 0 Å². The predicted octanol–water partition coefficient (Wildman–Crippen LogP) is -0.155. The molecule has 2 rings (SSSR count). The van der Waals surface area contributed by atoms with Gasteiger partial charge in [0.15, 0.2) is 0 Å². The second-order valence-electron chi connectivity index (χ2n) is 3.18. The maximum Gasteiger partial charge on any atom is 0.295 e. The number of piperazine rings is 1. The molecule has 1 aromatic rings. The second kappa shape index (κ2) is 5.09. The standard InChI is InChI=1S/C8H12N4O2.ClH/c1-6-10-7(11-14-6)8(13)12-4-2-9-3-5-12;/h9H,2-5H2,1H3;1H. The van der Waals surface area contributed by atoms with Crippen molar-refractivity contribution in [1.29, 1.82) is 0 Å². The molecule has 2 heterocycles. The SMILES string of the molecule is Cc1nc(C(=O)N2CCNCC2)no1.Cl. The third-order valence-electron chi connectivity index (χ3n) is 2.12. The average molecular weight is 233 g/mol. The quantitative estimate of drug-likeness (QED) is 0.729. The van der Waals surface area contributed by atoms with Gasteiger partial charge in [-0.3, -0.25) is 4.79 Å². The lowest BCUT2D eigenvalue weighted by Crippen LogP contribution is -2.46. The Kier molecular flexibility index (Phi) is 4.05. The molecule has 1 aliphatic heterocycles. The molecule has 6 nitrogen and oxygen atoms in total. The Hall–Kier alpha value is -1.14. The van der Waals surface area contributed by atoms with E-state index in [1.165, 1.54) is 0 Å². The lowest BCUT2D eigenvalue weighted by molar-refractivity contribution is 0.0720. The van der Waals surface area contributed by atoms with Gasteiger partial charge in [-0.05, 0) is 0 Å². The summed E-state index contributed by atoms with van der Waals surface area (Å²) in [6.07, 6.45) is 0. The summed E-state index contributed by atoms with van der Waals surface area (Å²) in [6, 6.07) is 0. The van der Waals surface area contributed by atoms with Gasteiger partial charge in [0, 0.05) is 33.1 Å². The zero-order valence-corrected chi connectivity index (χ0v) is 9.21. The van der Waals surface area contributed by atoms with E-state index in [0.29, 0.717) is 19.0 Å². The van der Waals surface area contributed by atoms with Gasteiger partial charge in [-0.1, -0.05) is 5.16 Å². The lowest BCUT2D eigenvalue weighted by Gasteiger charge is -2.25. The zero-order valence-electron chi connectivity index (χ0n) is 8.39. The fourth-order valence-electron chi connectivity index (χ4n) is 1.40. The Morgan fingerprint density at radius 1 is 1.47 bits per heavy atom. The number of amides is 1. The highest BCUT2D eigenvalue weighted by molar-refractivity contribution is 5.90. The van der Waals surface area contributed by atoms with E-state index in [1.807, 2.05) is 0 Å². The zero-order chi connectivity index (χ0) is 9.97. The van der Waals surface area contributed by atoms with Crippen molar-refractivity contribution in [2.24, 2.45) is 0 Å². The van der Waals surface area contributed by atoms with Crippen molar-refractivity contribution < 1.29 is 9.32 Å². The number of nitrogens with zero attached hydrogens (tertiary/aromatic N) is 3. The van der Waals surface area contributed by atoms with Crippen LogP contribution in [0.5, 0.6) is 0 Å². The van der Waals surface area contributed by atoms with Crippen LogP contribution < -0.4 is 5.32 Å². The highest BCUT2D eigenvalue weighted by Crippen LogP contribution is 2.02. The monoisotopic (exact) mass is 232 g/mol. The first-order chi connectivity index (χ1) is 6.77. The van der Waals surface area contributed by atoms with Crippen LogP contribution in [-0.4, -0.2) is 47.1 Å². The molecule has 1 fully saturated rings. The van der Waals surface area contributed by atoms with Crippen molar-refractivity contribution in [3.8, 4) is 0 Å². The Labute approximate surface area is 93.4 Å². The van der Waals surface area contributed by atoms with Crippen molar-refractivity contribution >= 4 is 18.3 Å². The van der Waals surface area contributed by atoms with E-state index in [2.05, 4.69) is 15.5 Å². The van der Waals surface area contributed by atoms with Gasteiger partial charge in [0.05, 0.1) is 0 Å². The highest BCUT2D eigenvalue weighted by Gasteiger charge is 2.21. The van der Waals surface area contributed by atoms with Crippen molar-refractivity contribution in [1.82, 2.24) is 20.4 Å². The third-order valence-corrected chi connectivity index (χ3v) is 2.12. The fraction of sp³-hybridized carbons (Fsp3) is 0.625. The minimum absolute atomic E-state index is 0. The summed E-state index contributed by atoms with van der Waals surface area (Å²) < 4.78 is 4.75. The molecule has 0 spiro atoms. The number of halogens is 1. The fourth-order valence-corrected chi connectivity index (χ4v) is 1.40. The van der Waals surface area contributed by atoms with E-state index in [-0.39, 0.29) is 24.1 Å². The third kappa shape index (κ3) is 2.66. The summed E-state index contributed by atoms with van der Waals surface area (Å²) in [7, 11) is 0. The lowest BCUT2D eigenvalue weighted by atomic mass is 10.3. The van der Waals surface area contributed by atoms with Gasteiger partial charge in [-0.2, -0.15) is 4.98 Å². The first-order valence-corrected chi connectivity index (χ1v) is 4.57. The molecule has 1 aliphatic rings. The molecule has 1 amide bonds. The van der Waals surface area contributed by atoms with Gasteiger partial charge in [-0.15, -0.1) is 12.4 Å². The van der Waals surface area contributed by atoms with E-state index >= 15 is 0 Å². The molecule has 0 radical (unpaired) electrons. The molecule has 0 atom stereocenters. The summed E-state index contributed by atoms with van der Waals surface area (Å²) in [4.78, 5) is 17.3. The van der Waals surface area contributed by atoms with Crippen LogP contribution in [0.1, 0.15) is 16.5 Å². The summed E-state index contributed by atoms with van der Waals surface area (Å²) >= 11 is 0. The molecule has 0 aromatic carbocycles. The first-order valence-electron chi connectivity index (χ1n) is 4.57. The summed E-state index contributed by atoms with van der Waals surface area (Å²) in [5.74, 6) is 0.427. The van der Waals surface area contributed by atoms with E-state index in [4.69, 9.17) is 4.52 Å². The molecule has 0 bridgehead atoms. The van der Waals surface area contributed by atoms with Gasteiger partial charge in [0.2, 0.25) is 5.89 Å². The number of nitrogens with one attached hydrogen (secondary N) is 1. The number of rotatable bonds is 1. The summed E-state index contributed by atoms with van der Waals surface area (Å²) in [5.41, 5.74) is 0. The van der Waals surface area contributed by atoms with Crippen LogP contribution in [0, 0.1) is 6.92 Å². The van der Waals surface area contributed by atoms with Crippen LogP contribution in [-0.2, 0) is 0 Å². The van der Waals surface area contributed by atoms with Gasteiger partial charge in [0.1, 0.15) is 0 Å². The number of aromatic nitrogens is 2. The Balaban J connectivity index is 0.00000112. The Morgan fingerprint density at radius 3 is 2.67 bits per heavy atom. The van der Waals surface area contributed by atoms with Crippen LogP contribution >= 0.6 is 12.4 Å². The normalized spacial score (nSPS) is 15.9. The minimum Gasteiger partial charge on any atom is -0.339 e. The second-order valence-corrected chi connectivity index (χ2v) is 3.18. The van der Waals surface area contributed by atoms with Crippen LogP contribution in [0.25, 0.3) is 0 Å². The summed E-state index contributed by atoms with van der Waals surface area (Å²) in [5, 5.41) is 6.76. The van der Waals surface area contributed by atoms with Crippen molar-refractivity contribution in [3.05, 3.63) is 11.7 Å². The van der Waals surface area contributed by atoms with Crippen LogP contribution in [0.4, 0.5) is 0 Å². The van der Waals surface area contributed by atoms with E-state index in [1.54, 1.807) is 11.8 Å². The highest BCUT2D eigenvalue weighted by atomic mass is 35.5. The number of carbonyl (C=O) groups is 1. The predicted molar refractivity (Wildman–Crippen MR) is 55.1 cm³/mol. The largest absolute Gasteiger partial charge is 0.339 e. The maximum absolute atomic E-state index is 11.7. The molecule has 1 N–H and O–H groups in total. The van der Waals surface area contributed by atoms with Crippen molar-refractivity contribution in [2.75, 3.05) is 26.2 Å². The number of aryl methyl sites for hydroxylation is 1. The average Bonchev–Trinajstić information content (AvgIpc) is 2.65. The van der Waals surface area contributed by atoms with Crippen LogP contribution in [0.15, 0.2) is 4.52 Å². The van der Waals surface area contributed by atoms with E-state index < -0.39 is 0 Å². The topological polar surface area (TPSA) is 71.3 Å². The minimum atomic E-state index is -0.150. The van der Waals surface area contributed by atoms with Crippen molar-refractivity contribution in [2.45, 2.75) is 6.92 Å². The van der Waals surface area contributed by atoms with Gasteiger partial charge < -0.3 is 14.7 Å².